The minimum absolute atomic E-state index is 0.00855. The van der Waals surface area contributed by atoms with Crippen LogP contribution in [0.1, 0.15) is 17.3 Å². The van der Waals surface area contributed by atoms with Crippen LogP contribution < -0.4 is 15.0 Å². The lowest BCUT2D eigenvalue weighted by atomic mass is 10.2. The van der Waals surface area contributed by atoms with E-state index in [1.165, 1.54) is 25.0 Å². The molecular formula is C18H17ClF2N2O3. The van der Waals surface area contributed by atoms with Gasteiger partial charge in [-0.25, -0.2) is 8.78 Å². The average Bonchev–Trinajstić information content (AvgIpc) is 2.60. The fraction of sp³-hybridized carbons (Fsp3) is 0.222. The summed E-state index contributed by atoms with van der Waals surface area (Å²) in [4.78, 5) is 25.3. The smallest absolute Gasteiger partial charge is 0.251 e. The van der Waals surface area contributed by atoms with Gasteiger partial charge in [0.1, 0.15) is 5.75 Å². The number of nitrogens with zero attached hydrogens (tertiary/aromatic N) is 1. The zero-order valence-corrected chi connectivity index (χ0v) is 14.9. The molecule has 26 heavy (non-hydrogen) atoms. The van der Waals surface area contributed by atoms with Crippen molar-refractivity contribution in [2.75, 3.05) is 25.1 Å². The number of hydrogen-bond donors (Lipinski definition) is 1. The SMILES string of the molecule is COc1ccc(N(CCNC(=O)c2ccc(F)c(F)c2)C(C)=O)cc1Cl. The average molecular weight is 383 g/mol. The summed E-state index contributed by atoms with van der Waals surface area (Å²) < 4.78 is 31.2. The number of rotatable bonds is 6. The highest BCUT2D eigenvalue weighted by molar-refractivity contribution is 6.32. The van der Waals surface area contributed by atoms with Gasteiger partial charge in [0.25, 0.3) is 5.91 Å². The highest BCUT2D eigenvalue weighted by Crippen LogP contribution is 2.29. The molecule has 2 amide bonds. The van der Waals surface area contributed by atoms with Gasteiger partial charge < -0.3 is 15.0 Å². The molecule has 2 rings (SSSR count). The first-order valence-corrected chi connectivity index (χ1v) is 8.06. The first kappa shape index (κ1) is 19.7. The highest BCUT2D eigenvalue weighted by atomic mass is 35.5. The van der Waals surface area contributed by atoms with Crippen LogP contribution in [0.2, 0.25) is 5.02 Å². The van der Waals surface area contributed by atoms with E-state index >= 15 is 0 Å². The second-order valence-corrected chi connectivity index (χ2v) is 5.78. The number of hydrogen-bond acceptors (Lipinski definition) is 3. The zero-order valence-electron chi connectivity index (χ0n) is 14.2. The Morgan fingerprint density at radius 1 is 1.15 bits per heavy atom. The summed E-state index contributed by atoms with van der Waals surface area (Å²) in [6.07, 6.45) is 0. The van der Waals surface area contributed by atoms with Crippen molar-refractivity contribution in [3.63, 3.8) is 0 Å². The van der Waals surface area contributed by atoms with Crippen LogP contribution in [-0.4, -0.2) is 32.0 Å². The van der Waals surface area contributed by atoms with E-state index in [4.69, 9.17) is 16.3 Å². The van der Waals surface area contributed by atoms with Crippen LogP contribution in [0, 0.1) is 11.6 Å². The summed E-state index contributed by atoms with van der Waals surface area (Å²) in [6, 6.07) is 7.76. The quantitative estimate of drug-likeness (QED) is 0.833. The van der Waals surface area contributed by atoms with Crippen molar-refractivity contribution >= 4 is 29.1 Å². The van der Waals surface area contributed by atoms with Crippen molar-refractivity contribution in [1.29, 1.82) is 0 Å². The number of nitrogens with one attached hydrogen (secondary N) is 1. The molecule has 5 nitrogen and oxygen atoms in total. The molecule has 0 heterocycles. The minimum Gasteiger partial charge on any atom is -0.495 e. The maximum Gasteiger partial charge on any atom is 0.251 e. The molecule has 2 aromatic rings. The molecule has 0 saturated heterocycles. The summed E-state index contributed by atoms with van der Waals surface area (Å²) in [5, 5.41) is 2.91. The maximum absolute atomic E-state index is 13.2. The molecule has 0 bridgehead atoms. The van der Waals surface area contributed by atoms with E-state index < -0.39 is 17.5 Å². The lowest BCUT2D eigenvalue weighted by Crippen LogP contribution is -2.37. The summed E-state index contributed by atoms with van der Waals surface area (Å²) in [5.74, 6) is -2.46. The van der Waals surface area contributed by atoms with Gasteiger partial charge in [-0.2, -0.15) is 0 Å². The molecule has 0 aliphatic heterocycles. The van der Waals surface area contributed by atoms with Gasteiger partial charge in [0, 0.05) is 31.3 Å². The van der Waals surface area contributed by atoms with Gasteiger partial charge in [-0.3, -0.25) is 9.59 Å². The van der Waals surface area contributed by atoms with Gasteiger partial charge in [-0.1, -0.05) is 11.6 Å². The largest absolute Gasteiger partial charge is 0.495 e. The Morgan fingerprint density at radius 3 is 2.46 bits per heavy atom. The molecular weight excluding hydrogens is 366 g/mol. The van der Waals surface area contributed by atoms with Crippen LogP contribution in [0.4, 0.5) is 14.5 Å². The number of carbonyl (C=O) groups excluding carboxylic acids is 2. The summed E-state index contributed by atoms with van der Waals surface area (Å²) in [7, 11) is 1.48. The summed E-state index contributed by atoms with van der Waals surface area (Å²) in [6.45, 7) is 1.67. The maximum atomic E-state index is 13.2. The first-order valence-electron chi connectivity index (χ1n) is 7.68. The van der Waals surface area contributed by atoms with Crippen LogP contribution in [0.25, 0.3) is 0 Å². The molecule has 0 saturated carbocycles. The fourth-order valence-corrected chi connectivity index (χ4v) is 2.56. The lowest BCUT2D eigenvalue weighted by molar-refractivity contribution is -0.116. The normalized spacial score (nSPS) is 10.3. The van der Waals surface area contributed by atoms with Gasteiger partial charge in [-0.15, -0.1) is 0 Å². The van der Waals surface area contributed by atoms with Crippen molar-refractivity contribution in [3.8, 4) is 5.75 Å². The van der Waals surface area contributed by atoms with Crippen LogP contribution >= 0.6 is 11.6 Å². The molecule has 0 radical (unpaired) electrons. The van der Waals surface area contributed by atoms with Gasteiger partial charge in [0.15, 0.2) is 11.6 Å². The van der Waals surface area contributed by atoms with Crippen LogP contribution in [0.5, 0.6) is 5.75 Å². The van der Waals surface area contributed by atoms with Gasteiger partial charge in [0.05, 0.1) is 12.1 Å². The zero-order chi connectivity index (χ0) is 19.3. The van der Waals surface area contributed by atoms with E-state index in [1.54, 1.807) is 18.2 Å². The van der Waals surface area contributed by atoms with E-state index in [0.717, 1.165) is 12.1 Å². The number of methoxy groups -OCH3 is 1. The number of benzene rings is 2. The second-order valence-electron chi connectivity index (χ2n) is 5.37. The topological polar surface area (TPSA) is 58.6 Å². The van der Waals surface area contributed by atoms with E-state index in [9.17, 15) is 18.4 Å². The molecule has 138 valence electrons. The Hall–Kier alpha value is -2.67. The minimum atomic E-state index is -1.10. The van der Waals surface area contributed by atoms with Crippen molar-refractivity contribution in [2.24, 2.45) is 0 Å². The molecule has 0 aliphatic rings. The van der Waals surface area contributed by atoms with E-state index in [0.29, 0.717) is 16.5 Å². The molecule has 0 fully saturated rings. The van der Waals surface area contributed by atoms with Gasteiger partial charge in [-0.05, 0) is 36.4 Å². The molecule has 0 unspecified atom stereocenters. The third-order valence-corrected chi connectivity index (χ3v) is 3.93. The molecule has 0 aromatic heterocycles. The van der Waals surface area contributed by atoms with E-state index in [2.05, 4.69) is 5.32 Å². The summed E-state index contributed by atoms with van der Waals surface area (Å²) in [5.41, 5.74) is 0.538. The Balaban J connectivity index is 2.02. The Labute approximate surface area is 154 Å². The third kappa shape index (κ3) is 4.70. The predicted molar refractivity (Wildman–Crippen MR) is 94.7 cm³/mol. The number of carbonyl (C=O) groups is 2. The molecule has 8 heteroatoms. The fourth-order valence-electron chi connectivity index (χ4n) is 2.31. The molecule has 2 aromatic carbocycles. The van der Waals surface area contributed by atoms with Crippen molar-refractivity contribution < 1.29 is 23.1 Å². The van der Waals surface area contributed by atoms with E-state index in [-0.39, 0.29) is 24.6 Å². The molecule has 1 N–H and O–H groups in total. The van der Waals surface area contributed by atoms with Crippen LogP contribution in [-0.2, 0) is 4.79 Å². The Bertz CT molecular complexity index is 830. The van der Waals surface area contributed by atoms with Crippen molar-refractivity contribution in [3.05, 3.63) is 58.6 Å². The standard InChI is InChI=1S/C18H17ClF2N2O3/c1-11(24)23(13-4-6-17(26-2)14(19)10-13)8-7-22-18(25)12-3-5-15(20)16(21)9-12/h3-6,9-10H,7-8H2,1-2H3,(H,22,25). The number of anilines is 1. The number of halogens is 3. The molecule has 0 atom stereocenters. The second kappa shape index (κ2) is 8.62. The van der Waals surface area contributed by atoms with E-state index in [1.807, 2.05) is 0 Å². The van der Waals surface area contributed by atoms with Gasteiger partial charge >= 0.3 is 0 Å². The highest BCUT2D eigenvalue weighted by Gasteiger charge is 2.15. The van der Waals surface area contributed by atoms with Crippen molar-refractivity contribution in [2.45, 2.75) is 6.92 Å². The Kier molecular flexibility index (Phi) is 6.52. The monoisotopic (exact) mass is 382 g/mol. The van der Waals surface area contributed by atoms with Crippen LogP contribution in [0.3, 0.4) is 0 Å². The van der Waals surface area contributed by atoms with Gasteiger partial charge in [0.2, 0.25) is 5.91 Å². The molecule has 0 aliphatic carbocycles. The number of amides is 2. The lowest BCUT2D eigenvalue weighted by Gasteiger charge is -2.22. The summed E-state index contributed by atoms with van der Waals surface area (Å²) >= 11 is 6.07. The van der Waals surface area contributed by atoms with Crippen molar-refractivity contribution in [1.82, 2.24) is 5.32 Å². The first-order chi connectivity index (χ1) is 12.3. The van der Waals surface area contributed by atoms with Crippen LogP contribution in [0.15, 0.2) is 36.4 Å². The third-order valence-electron chi connectivity index (χ3n) is 3.63. The molecule has 0 spiro atoms. The predicted octanol–water partition coefficient (Wildman–Crippen LogP) is 3.41. The number of ether oxygens (including phenoxy) is 1. The Morgan fingerprint density at radius 2 is 1.88 bits per heavy atom.